The van der Waals surface area contributed by atoms with Gasteiger partial charge in [-0.05, 0) is 24.7 Å². The topological polar surface area (TPSA) is 23.8 Å². The highest BCUT2D eigenvalue weighted by Gasteiger charge is 2.60. The molecule has 2 heteroatoms. The Bertz CT molecular complexity index is 178. The van der Waals surface area contributed by atoms with Gasteiger partial charge in [-0.3, -0.25) is 0 Å². The molecule has 1 spiro atoms. The van der Waals surface area contributed by atoms with Crippen LogP contribution in [0, 0.1) is 22.7 Å². The predicted molar refractivity (Wildman–Crippen MR) is 35.0 cm³/mol. The van der Waals surface area contributed by atoms with Gasteiger partial charge in [-0.15, -0.1) is 11.6 Å². The van der Waals surface area contributed by atoms with E-state index in [0.29, 0.717) is 5.41 Å². The minimum Gasteiger partial charge on any atom is -0.198 e. The van der Waals surface area contributed by atoms with Crippen LogP contribution in [0.3, 0.4) is 0 Å². The second kappa shape index (κ2) is 1.44. The average molecular weight is 142 g/mol. The molecule has 2 fully saturated rings. The van der Waals surface area contributed by atoms with Crippen LogP contribution in [0.15, 0.2) is 0 Å². The molecular weight excluding hydrogens is 134 g/mol. The lowest BCUT2D eigenvalue weighted by Gasteiger charge is -2.37. The Morgan fingerprint density at radius 1 is 1.56 bits per heavy atom. The highest BCUT2D eigenvalue weighted by Crippen LogP contribution is 2.65. The van der Waals surface area contributed by atoms with E-state index in [1.165, 1.54) is 12.8 Å². The molecule has 0 amide bonds. The number of hydrogen-bond acceptors (Lipinski definition) is 1. The fourth-order valence-electron chi connectivity index (χ4n) is 1.67. The van der Waals surface area contributed by atoms with Crippen molar-refractivity contribution in [2.45, 2.75) is 24.6 Å². The summed E-state index contributed by atoms with van der Waals surface area (Å²) in [5, 5.41) is 8.66. The number of rotatable bonds is 0. The number of halogens is 1. The first kappa shape index (κ1) is 5.56. The van der Waals surface area contributed by atoms with E-state index in [4.69, 9.17) is 16.9 Å². The Kier molecular flexibility index (Phi) is 0.887. The highest BCUT2D eigenvalue weighted by molar-refractivity contribution is 6.22. The third-order valence-electron chi connectivity index (χ3n) is 2.62. The summed E-state index contributed by atoms with van der Waals surface area (Å²) in [4.78, 5) is 0. The van der Waals surface area contributed by atoms with Crippen molar-refractivity contribution in [2.75, 3.05) is 0 Å². The maximum absolute atomic E-state index is 8.48. The van der Waals surface area contributed by atoms with Crippen molar-refractivity contribution < 1.29 is 0 Å². The zero-order valence-electron chi connectivity index (χ0n) is 5.10. The molecule has 2 rings (SSSR count). The standard InChI is InChI=1S/C7H8ClN/c8-6-5(4-9)3-7(6)1-2-7/h5-6H,1-3H2/t5-,6+/m0/s1. The number of hydrogen-bond donors (Lipinski definition) is 0. The SMILES string of the molecule is N#C[C@@H]1CC2(CC2)[C@@H]1Cl. The van der Waals surface area contributed by atoms with Crippen molar-refractivity contribution in [3.63, 3.8) is 0 Å². The van der Waals surface area contributed by atoms with E-state index >= 15 is 0 Å². The van der Waals surface area contributed by atoms with Crippen molar-refractivity contribution in [3.8, 4) is 6.07 Å². The molecule has 2 atom stereocenters. The third kappa shape index (κ3) is 0.548. The van der Waals surface area contributed by atoms with Crippen LogP contribution < -0.4 is 0 Å². The molecular formula is C7H8ClN. The molecule has 48 valence electrons. The average Bonchev–Trinajstić information content (AvgIpc) is 2.63. The lowest BCUT2D eigenvalue weighted by Crippen LogP contribution is -2.38. The van der Waals surface area contributed by atoms with Crippen LogP contribution >= 0.6 is 11.6 Å². The van der Waals surface area contributed by atoms with Gasteiger partial charge < -0.3 is 0 Å². The highest BCUT2D eigenvalue weighted by atomic mass is 35.5. The fourth-order valence-corrected chi connectivity index (χ4v) is 2.12. The molecule has 9 heavy (non-hydrogen) atoms. The second-order valence-electron chi connectivity index (χ2n) is 3.20. The number of nitrogens with zero attached hydrogens (tertiary/aromatic N) is 1. The molecule has 0 aromatic carbocycles. The Labute approximate surface area is 59.6 Å². The van der Waals surface area contributed by atoms with Crippen LogP contribution in [-0.4, -0.2) is 5.38 Å². The van der Waals surface area contributed by atoms with Crippen molar-refractivity contribution in [2.24, 2.45) is 11.3 Å². The van der Waals surface area contributed by atoms with Crippen molar-refractivity contribution in [3.05, 3.63) is 0 Å². The van der Waals surface area contributed by atoms with Gasteiger partial charge >= 0.3 is 0 Å². The Morgan fingerprint density at radius 3 is 2.56 bits per heavy atom. The van der Waals surface area contributed by atoms with E-state index < -0.39 is 0 Å². The lowest BCUT2D eigenvalue weighted by atomic mass is 9.72. The number of alkyl halides is 1. The maximum atomic E-state index is 8.48. The van der Waals surface area contributed by atoms with Crippen LogP contribution in [0.5, 0.6) is 0 Å². The molecule has 0 aromatic rings. The molecule has 0 radical (unpaired) electrons. The Morgan fingerprint density at radius 2 is 2.22 bits per heavy atom. The summed E-state index contributed by atoms with van der Waals surface area (Å²) in [6.07, 6.45) is 3.59. The molecule has 0 unspecified atom stereocenters. The van der Waals surface area contributed by atoms with Gasteiger partial charge in [0.15, 0.2) is 0 Å². The largest absolute Gasteiger partial charge is 0.198 e. The predicted octanol–water partition coefficient (Wildman–Crippen LogP) is 1.92. The number of nitriles is 1. The first-order chi connectivity index (χ1) is 4.28. The van der Waals surface area contributed by atoms with Gasteiger partial charge in [0, 0.05) is 0 Å². The van der Waals surface area contributed by atoms with Crippen molar-refractivity contribution in [1.82, 2.24) is 0 Å². The van der Waals surface area contributed by atoms with E-state index in [2.05, 4.69) is 6.07 Å². The zero-order valence-corrected chi connectivity index (χ0v) is 5.86. The van der Waals surface area contributed by atoms with Gasteiger partial charge in [-0.25, -0.2) is 0 Å². The minimum absolute atomic E-state index is 0.161. The minimum atomic E-state index is 0.161. The summed E-state index contributed by atoms with van der Waals surface area (Å²) >= 11 is 5.95. The molecule has 1 nitrogen and oxygen atoms in total. The lowest BCUT2D eigenvalue weighted by molar-refractivity contribution is 0.230. The molecule has 0 aromatic heterocycles. The van der Waals surface area contributed by atoms with Crippen LogP contribution in [0.2, 0.25) is 0 Å². The molecule has 0 saturated heterocycles. The molecule has 2 aliphatic carbocycles. The van der Waals surface area contributed by atoms with E-state index in [1.54, 1.807) is 0 Å². The molecule has 0 bridgehead atoms. The van der Waals surface area contributed by atoms with E-state index in [1.807, 2.05) is 0 Å². The molecule has 0 N–H and O–H groups in total. The zero-order chi connectivity index (χ0) is 6.48. The smallest absolute Gasteiger partial charge is 0.0671 e. The Balaban J connectivity index is 2.05. The monoisotopic (exact) mass is 141 g/mol. The van der Waals surface area contributed by atoms with Crippen molar-refractivity contribution in [1.29, 1.82) is 5.26 Å². The first-order valence-corrected chi connectivity index (χ1v) is 3.76. The maximum Gasteiger partial charge on any atom is 0.0671 e. The van der Waals surface area contributed by atoms with E-state index in [-0.39, 0.29) is 11.3 Å². The van der Waals surface area contributed by atoms with Crippen LogP contribution in [0.4, 0.5) is 0 Å². The summed E-state index contributed by atoms with van der Waals surface area (Å²) in [6.45, 7) is 0. The van der Waals surface area contributed by atoms with Gasteiger partial charge in [0.05, 0.1) is 17.4 Å². The van der Waals surface area contributed by atoms with Gasteiger partial charge in [0.2, 0.25) is 0 Å². The molecule has 0 aliphatic heterocycles. The molecule has 0 heterocycles. The van der Waals surface area contributed by atoms with Crippen LogP contribution in [0.25, 0.3) is 0 Å². The molecule has 2 saturated carbocycles. The van der Waals surface area contributed by atoms with Crippen molar-refractivity contribution >= 4 is 11.6 Å². The Hall–Kier alpha value is -0.220. The van der Waals surface area contributed by atoms with E-state index in [9.17, 15) is 0 Å². The summed E-state index contributed by atoms with van der Waals surface area (Å²) < 4.78 is 0. The summed E-state index contributed by atoms with van der Waals surface area (Å²) in [6, 6.07) is 2.21. The fraction of sp³-hybridized carbons (Fsp3) is 0.857. The second-order valence-corrected chi connectivity index (χ2v) is 3.67. The molecule has 2 aliphatic rings. The van der Waals surface area contributed by atoms with Gasteiger partial charge in [0.1, 0.15) is 0 Å². The van der Waals surface area contributed by atoms with Gasteiger partial charge in [0.25, 0.3) is 0 Å². The van der Waals surface area contributed by atoms with Gasteiger partial charge in [-0.2, -0.15) is 5.26 Å². The van der Waals surface area contributed by atoms with Gasteiger partial charge in [-0.1, -0.05) is 0 Å². The quantitative estimate of drug-likeness (QED) is 0.473. The normalized spacial score (nSPS) is 43.6. The van der Waals surface area contributed by atoms with Crippen LogP contribution in [-0.2, 0) is 0 Å². The first-order valence-electron chi connectivity index (χ1n) is 3.32. The summed E-state index contributed by atoms with van der Waals surface area (Å²) in [5.74, 6) is 0.161. The summed E-state index contributed by atoms with van der Waals surface area (Å²) in [7, 11) is 0. The van der Waals surface area contributed by atoms with Crippen LogP contribution in [0.1, 0.15) is 19.3 Å². The van der Waals surface area contributed by atoms with E-state index in [0.717, 1.165) is 6.42 Å². The summed E-state index contributed by atoms with van der Waals surface area (Å²) in [5.41, 5.74) is 0.446. The third-order valence-corrected chi connectivity index (χ3v) is 3.39.